The largest absolute Gasteiger partial charge is 0.493 e. The third-order valence-electron chi connectivity index (χ3n) is 4.14. The van der Waals surface area contributed by atoms with Crippen molar-refractivity contribution < 1.29 is 19.1 Å². The first-order chi connectivity index (χ1) is 15.9. The molecule has 2 amide bonds. The van der Waals surface area contributed by atoms with Gasteiger partial charge in [-0.3, -0.25) is 9.59 Å². The standard InChI is InChI=1S/C23H26Br2N4O4/c1-3-32-20-10-8-18(24)12-16(20)14-26-28-22(30)6-5-7-23(31)29-27-15-17-13-19(25)9-11-21(17)33-4-2/h8-15H,3-7H2,1-2H3,(H,28,30)(H,29,31). The van der Waals surface area contributed by atoms with Crippen molar-refractivity contribution in [2.75, 3.05) is 13.2 Å². The summed E-state index contributed by atoms with van der Waals surface area (Å²) in [6.07, 6.45) is 3.72. The van der Waals surface area contributed by atoms with Gasteiger partial charge in [-0.1, -0.05) is 31.9 Å². The Labute approximate surface area is 210 Å². The Kier molecular flexibility index (Phi) is 11.6. The zero-order valence-electron chi connectivity index (χ0n) is 18.4. The molecule has 176 valence electrons. The first kappa shape index (κ1) is 26.5. The molecule has 0 bridgehead atoms. The van der Waals surface area contributed by atoms with Crippen LogP contribution in [0.4, 0.5) is 0 Å². The number of carbonyl (C=O) groups excluding carboxylic acids is 2. The van der Waals surface area contributed by atoms with Gasteiger partial charge < -0.3 is 9.47 Å². The van der Waals surface area contributed by atoms with E-state index < -0.39 is 0 Å². The van der Waals surface area contributed by atoms with Crippen LogP contribution in [-0.2, 0) is 9.59 Å². The topological polar surface area (TPSA) is 101 Å². The highest BCUT2D eigenvalue weighted by Gasteiger charge is 2.06. The highest BCUT2D eigenvalue weighted by molar-refractivity contribution is 9.10. The van der Waals surface area contributed by atoms with Gasteiger partial charge in [-0.25, -0.2) is 10.9 Å². The lowest BCUT2D eigenvalue weighted by molar-refractivity contribution is -0.122. The smallest absolute Gasteiger partial charge is 0.240 e. The molecule has 10 heteroatoms. The number of nitrogens with one attached hydrogen (secondary N) is 2. The fraction of sp³-hybridized carbons (Fsp3) is 0.304. The van der Waals surface area contributed by atoms with Crippen molar-refractivity contribution in [1.82, 2.24) is 10.9 Å². The summed E-state index contributed by atoms with van der Waals surface area (Å²) >= 11 is 6.80. The zero-order chi connectivity index (χ0) is 24.1. The number of ether oxygens (including phenoxy) is 2. The molecule has 0 aliphatic carbocycles. The number of amides is 2. The summed E-state index contributed by atoms with van der Waals surface area (Å²) in [7, 11) is 0. The molecule has 0 atom stereocenters. The number of halogens is 2. The van der Waals surface area contributed by atoms with Gasteiger partial charge in [-0.2, -0.15) is 10.2 Å². The number of hydrogen-bond acceptors (Lipinski definition) is 6. The van der Waals surface area contributed by atoms with E-state index in [1.54, 1.807) is 0 Å². The Morgan fingerprint density at radius 2 is 1.24 bits per heavy atom. The van der Waals surface area contributed by atoms with E-state index in [0.29, 0.717) is 31.1 Å². The van der Waals surface area contributed by atoms with Gasteiger partial charge in [-0.05, 0) is 56.7 Å². The predicted molar refractivity (Wildman–Crippen MR) is 136 cm³/mol. The molecule has 0 fully saturated rings. The van der Waals surface area contributed by atoms with Crippen molar-refractivity contribution in [3.63, 3.8) is 0 Å². The molecule has 33 heavy (non-hydrogen) atoms. The Morgan fingerprint density at radius 3 is 1.64 bits per heavy atom. The molecule has 2 rings (SSSR count). The van der Waals surface area contributed by atoms with Crippen LogP contribution >= 0.6 is 31.9 Å². The third kappa shape index (κ3) is 9.75. The summed E-state index contributed by atoms with van der Waals surface area (Å²) in [5.41, 5.74) is 6.40. The molecule has 0 spiro atoms. The van der Waals surface area contributed by atoms with Crippen molar-refractivity contribution in [1.29, 1.82) is 0 Å². The van der Waals surface area contributed by atoms with Crippen LogP contribution in [0.3, 0.4) is 0 Å². The van der Waals surface area contributed by atoms with Crippen molar-refractivity contribution in [2.24, 2.45) is 10.2 Å². The van der Waals surface area contributed by atoms with E-state index in [0.717, 1.165) is 20.1 Å². The van der Waals surface area contributed by atoms with Gasteiger partial charge in [0.2, 0.25) is 11.8 Å². The van der Waals surface area contributed by atoms with Crippen LogP contribution in [0.2, 0.25) is 0 Å². The lowest BCUT2D eigenvalue weighted by Crippen LogP contribution is -2.20. The molecule has 0 saturated heterocycles. The number of carbonyl (C=O) groups is 2. The Hall–Kier alpha value is -2.72. The number of benzene rings is 2. The normalized spacial score (nSPS) is 11.0. The molecular weight excluding hydrogens is 556 g/mol. The minimum Gasteiger partial charge on any atom is -0.493 e. The first-order valence-corrected chi connectivity index (χ1v) is 12.0. The van der Waals surface area contributed by atoms with Gasteiger partial charge in [0.15, 0.2) is 0 Å². The van der Waals surface area contributed by atoms with Crippen LogP contribution in [0.1, 0.15) is 44.2 Å². The molecule has 0 aromatic heterocycles. The van der Waals surface area contributed by atoms with Gasteiger partial charge in [0.1, 0.15) is 11.5 Å². The van der Waals surface area contributed by atoms with Crippen LogP contribution in [0.25, 0.3) is 0 Å². The Bertz CT molecular complexity index is 932. The maximum absolute atomic E-state index is 12.0. The lowest BCUT2D eigenvalue weighted by Gasteiger charge is -2.07. The van der Waals surface area contributed by atoms with E-state index in [4.69, 9.17) is 9.47 Å². The maximum Gasteiger partial charge on any atom is 0.240 e. The quantitative estimate of drug-likeness (QED) is 0.278. The summed E-state index contributed by atoms with van der Waals surface area (Å²) in [6.45, 7) is 4.84. The van der Waals surface area contributed by atoms with Crippen LogP contribution in [0.15, 0.2) is 55.5 Å². The summed E-state index contributed by atoms with van der Waals surface area (Å²) < 4.78 is 12.8. The number of nitrogens with zero attached hydrogens (tertiary/aromatic N) is 2. The molecule has 2 N–H and O–H groups in total. The number of hydrazone groups is 2. The molecule has 8 nitrogen and oxygen atoms in total. The summed E-state index contributed by atoms with van der Waals surface area (Å²) in [4.78, 5) is 24.0. The second kappa shape index (κ2) is 14.4. The SMILES string of the molecule is CCOc1ccc(Br)cc1C=NNC(=O)CCCC(=O)NN=Cc1cc(Br)ccc1OCC. The fourth-order valence-electron chi connectivity index (χ4n) is 2.68. The molecule has 0 saturated carbocycles. The second-order valence-electron chi connectivity index (χ2n) is 6.67. The molecule has 2 aromatic rings. The van der Waals surface area contributed by atoms with Gasteiger partial charge in [-0.15, -0.1) is 0 Å². The van der Waals surface area contributed by atoms with Crippen LogP contribution < -0.4 is 20.3 Å². The molecule has 0 unspecified atom stereocenters. The van der Waals surface area contributed by atoms with Gasteiger partial charge in [0.25, 0.3) is 0 Å². The third-order valence-corrected chi connectivity index (χ3v) is 5.12. The zero-order valence-corrected chi connectivity index (χ0v) is 21.6. The molecule has 0 radical (unpaired) electrons. The minimum atomic E-state index is -0.286. The second-order valence-corrected chi connectivity index (χ2v) is 8.50. The van der Waals surface area contributed by atoms with Gasteiger partial charge >= 0.3 is 0 Å². The number of hydrogen-bond donors (Lipinski definition) is 2. The van der Waals surface area contributed by atoms with E-state index in [1.165, 1.54) is 12.4 Å². The van der Waals surface area contributed by atoms with Crippen molar-refractivity contribution in [2.45, 2.75) is 33.1 Å². The van der Waals surface area contributed by atoms with Crippen molar-refractivity contribution in [3.05, 3.63) is 56.5 Å². The van der Waals surface area contributed by atoms with Gasteiger partial charge in [0.05, 0.1) is 25.6 Å². The van der Waals surface area contributed by atoms with E-state index >= 15 is 0 Å². The van der Waals surface area contributed by atoms with E-state index in [1.807, 2.05) is 50.2 Å². The predicted octanol–water partition coefficient (Wildman–Crippen LogP) is 4.78. The van der Waals surface area contributed by atoms with E-state index in [-0.39, 0.29) is 24.7 Å². The van der Waals surface area contributed by atoms with Crippen LogP contribution in [0, 0.1) is 0 Å². The molecule has 0 heterocycles. The van der Waals surface area contributed by atoms with Crippen molar-refractivity contribution in [3.8, 4) is 11.5 Å². The molecule has 0 aliphatic rings. The van der Waals surface area contributed by atoms with Crippen molar-refractivity contribution >= 4 is 56.1 Å². The maximum atomic E-state index is 12.0. The fourth-order valence-corrected chi connectivity index (χ4v) is 3.44. The van der Waals surface area contributed by atoms with Crippen LogP contribution in [0.5, 0.6) is 11.5 Å². The molecule has 2 aromatic carbocycles. The summed E-state index contributed by atoms with van der Waals surface area (Å²) in [6, 6.07) is 11.1. The Balaban J connectivity index is 1.75. The van der Waals surface area contributed by atoms with Crippen LogP contribution in [-0.4, -0.2) is 37.5 Å². The molecule has 0 aliphatic heterocycles. The summed E-state index contributed by atoms with van der Waals surface area (Å²) in [5, 5.41) is 7.94. The minimum absolute atomic E-state index is 0.158. The highest BCUT2D eigenvalue weighted by atomic mass is 79.9. The molecular formula is C23H26Br2N4O4. The number of rotatable bonds is 12. The van der Waals surface area contributed by atoms with E-state index in [9.17, 15) is 9.59 Å². The first-order valence-electron chi connectivity index (χ1n) is 10.4. The monoisotopic (exact) mass is 580 g/mol. The summed E-state index contributed by atoms with van der Waals surface area (Å²) in [5.74, 6) is 0.774. The van der Waals surface area contributed by atoms with Gasteiger partial charge in [0, 0.05) is 32.9 Å². The lowest BCUT2D eigenvalue weighted by atomic mass is 10.2. The average molecular weight is 582 g/mol. The highest BCUT2D eigenvalue weighted by Crippen LogP contribution is 2.22. The average Bonchev–Trinajstić information content (AvgIpc) is 2.77. The Morgan fingerprint density at radius 1 is 0.818 bits per heavy atom. The van der Waals surface area contributed by atoms with E-state index in [2.05, 4.69) is 52.9 Å².